The third kappa shape index (κ3) is 45.2. The van der Waals surface area contributed by atoms with Crippen LogP contribution in [0.4, 0.5) is 16.2 Å². The highest BCUT2D eigenvalue weighted by molar-refractivity contribution is 7.94. The molecule has 3 unspecified atom stereocenters. The summed E-state index contributed by atoms with van der Waals surface area (Å²) < 4.78 is 76.1. The van der Waals surface area contributed by atoms with Crippen molar-refractivity contribution < 1.29 is 128 Å². The van der Waals surface area contributed by atoms with E-state index >= 15 is 0 Å². The number of nitrogens with zero attached hydrogens (tertiary/aromatic N) is 8. The number of halogens is 4. The fourth-order valence-electron chi connectivity index (χ4n) is 17.0. The highest BCUT2D eigenvalue weighted by Gasteiger charge is 2.56. The summed E-state index contributed by atoms with van der Waals surface area (Å²) in [5.41, 5.74) is 13.5. The number of sulfone groups is 2. The van der Waals surface area contributed by atoms with Crippen LogP contribution in [0.5, 0.6) is 23.0 Å². The van der Waals surface area contributed by atoms with Crippen LogP contribution < -0.4 is 42.1 Å². The number of rotatable bonds is 37. The number of likely N-dealkylation sites (tertiary alicyclic amines) is 2. The van der Waals surface area contributed by atoms with Crippen molar-refractivity contribution in [2.24, 2.45) is 5.73 Å². The number of nitrogens with one attached hydrogen (secondary N) is 5. The van der Waals surface area contributed by atoms with Crippen LogP contribution >= 0.6 is 74.1 Å². The normalized spacial score (nSPS) is 17.4. The molecule has 41 nitrogen and oxygen atoms in total. The molecule has 149 heavy (non-hydrogen) atoms. The van der Waals surface area contributed by atoms with Crippen LogP contribution in [0.1, 0.15) is 141 Å². The van der Waals surface area contributed by atoms with E-state index in [0.29, 0.717) is 111 Å². The van der Waals surface area contributed by atoms with Crippen LogP contribution in [0.2, 0.25) is 0 Å². The highest BCUT2D eigenvalue weighted by Crippen LogP contribution is 2.40. The maximum Gasteiger partial charge on any atom is 0.408 e. The molecule has 10 N–H and O–H groups in total. The Hall–Kier alpha value is -11.0. The summed E-state index contributed by atoms with van der Waals surface area (Å²) in [6, 6.07) is 44.7. The Bertz CT molecular complexity index is 5440. The minimum Gasteiger partial charge on any atom is -0.480 e. The van der Waals surface area contributed by atoms with Crippen LogP contribution in [0.25, 0.3) is 0 Å². The van der Waals surface area contributed by atoms with Crippen LogP contribution in [0.3, 0.4) is 0 Å². The van der Waals surface area contributed by atoms with Gasteiger partial charge in [-0.2, -0.15) is 38.4 Å². The van der Waals surface area contributed by atoms with Crippen LogP contribution in [-0.4, -0.2) is 333 Å². The summed E-state index contributed by atoms with van der Waals surface area (Å²) in [4.78, 5) is 179. The van der Waals surface area contributed by atoms with Crippen molar-refractivity contribution in [1.82, 2.24) is 55.5 Å². The Labute approximate surface area is 904 Å². The maximum absolute atomic E-state index is 14.7. The van der Waals surface area contributed by atoms with Gasteiger partial charge in [-0.25, -0.2) is 37.4 Å². The van der Waals surface area contributed by atoms with E-state index in [1.807, 2.05) is 70.5 Å². The molecule has 0 aromatic heterocycles. The summed E-state index contributed by atoms with van der Waals surface area (Å²) >= 11 is 11.3. The number of carboxylic acid groups (broad SMARTS) is 2. The number of likely N-dealkylation sites (N-methyl/N-ethyl adjacent to an activating group) is 4. The predicted molar refractivity (Wildman–Crippen MR) is 565 cm³/mol. The van der Waals surface area contributed by atoms with E-state index in [1.165, 1.54) is 58.3 Å². The topological polar surface area (TPSA) is 543 Å². The van der Waals surface area contributed by atoms with Crippen molar-refractivity contribution in [2.75, 3.05) is 150 Å². The predicted octanol–water partition coefficient (Wildman–Crippen LogP) is 10.0. The van der Waals surface area contributed by atoms with Gasteiger partial charge in [-0.3, -0.25) is 43.8 Å². The van der Waals surface area contributed by atoms with Crippen LogP contribution in [0.15, 0.2) is 168 Å². The zero-order valence-corrected chi connectivity index (χ0v) is 90.9. The van der Waals surface area contributed by atoms with Crippen molar-refractivity contribution in [3.8, 4) is 23.0 Å². The van der Waals surface area contributed by atoms with Crippen molar-refractivity contribution in [3.63, 3.8) is 0 Å². The summed E-state index contributed by atoms with van der Waals surface area (Å²) in [6.45, 7) is 13.5. The smallest absolute Gasteiger partial charge is 0.408 e. The van der Waals surface area contributed by atoms with Gasteiger partial charge in [-0.05, 0) is 247 Å². The number of carboxylic acids is 2. The van der Waals surface area contributed by atoms with E-state index in [0.717, 1.165) is 107 Å². The number of hydrogen-bond acceptors (Lipinski definition) is 34. The molecule has 6 aromatic carbocycles. The molecule has 5 amide bonds. The number of hydrogen-bond donors (Lipinski definition) is 9. The van der Waals surface area contributed by atoms with Gasteiger partial charge < -0.3 is 80.2 Å². The second kappa shape index (κ2) is 69.4. The van der Waals surface area contributed by atoms with Gasteiger partial charge >= 0.3 is 42.6 Å². The first kappa shape index (κ1) is 134. The SMILES string of the molecule is CN1CCN(CC(=O)O)CC(Cc2ccc(NC(=S)CCCCC[C@H](N)C(=O)N3CCC(C(=O)NO)(S(=O)(=O)c4ccc(Oc5ccccc5)cc4)CC3)cc2)N(C)CC1.CN1CCN(CC(=O)O)CC(Cc2ccc(NC(=S)CCCCC[C@H](NC(=O)OC(C)(C)C)C(=O)N3CCC(C(=O)NOC4CCCCO4)(S(=O)(=O)c4ccc(Oc5ccccc5)cc4)CC3)cc2)N(C)CC1.Cl.Cl.Cl.Cl.O=C=O.O=C=O.O=C=O.O=C=O. The summed E-state index contributed by atoms with van der Waals surface area (Å²) in [6.07, 6.45) is 8.72. The van der Waals surface area contributed by atoms with Gasteiger partial charge in [0.2, 0.25) is 11.8 Å². The number of aliphatic carboxylic acids is 2. The van der Waals surface area contributed by atoms with Gasteiger partial charge in [-0.15, -0.1) is 49.6 Å². The number of nitrogens with two attached hydrogens (primary N) is 1. The molecule has 5 atom stereocenters. The second-order valence-electron chi connectivity index (χ2n) is 36.6. The third-order valence-corrected chi connectivity index (χ3v) is 30.7. The molecule has 6 aromatic rings. The van der Waals surface area contributed by atoms with E-state index in [4.69, 9.17) is 92.3 Å². The quantitative estimate of drug-likeness (QED) is 0.00757. The number of thiocarbonyl (C=S) groups is 2. The molecule has 11 rings (SSSR count). The third-order valence-electron chi connectivity index (χ3n) is 25.1. The van der Waals surface area contributed by atoms with Gasteiger partial charge in [0.05, 0.1) is 38.9 Å². The van der Waals surface area contributed by atoms with E-state index < -0.39 is 88.9 Å². The molecule has 0 spiro atoms. The number of alkyl carbamates (subject to hydrolysis) is 1. The molecular formula is C100H138Cl4N14O27S4. The number of carbonyl (C=O) groups is 7. The molecule has 5 aliphatic rings. The van der Waals surface area contributed by atoms with Crippen molar-refractivity contribution in [3.05, 3.63) is 169 Å². The molecule has 5 fully saturated rings. The first-order chi connectivity index (χ1) is 69.2. The number of amides is 5. The zero-order valence-electron chi connectivity index (χ0n) is 84.4. The summed E-state index contributed by atoms with van der Waals surface area (Å²) in [5, 5.41) is 38.0. The fraction of sp³-hybridized carbons (Fsp3) is 0.510. The lowest BCUT2D eigenvalue weighted by Gasteiger charge is -2.41. The molecule has 5 aliphatic heterocycles. The van der Waals surface area contributed by atoms with Crippen molar-refractivity contribution in [2.45, 2.75) is 198 Å². The number of hydroxylamine groups is 2. The van der Waals surface area contributed by atoms with E-state index in [9.17, 15) is 65.8 Å². The van der Waals surface area contributed by atoms with E-state index in [1.54, 1.807) is 50.5 Å². The Morgan fingerprint density at radius 3 is 1.22 bits per heavy atom. The van der Waals surface area contributed by atoms with Gasteiger partial charge in [0.25, 0.3) is 11.8 Å². The number of piperidine rings is 2. The summed E-state index contributed by atoms with van der Waals surface area (Å²) in [7, 11) is -0.346. The Balaban J connectivity index is 0.000000900. The van der Waals surface area contributed by atoms with Crippen molar-refractivity contribution >= 4 is 181 Å². The molecule has 0 radical (unpaired) electrons. The molecule has 5 saturated heterocycles. The Kier molecular flexibility index (Phi) is 62.5. The minimum absolute atomic E-state index is 0. The minimum atomic E-state index is -4.39. The number of benzene rings is 6. The zero-order chi connectivity index (χ0) is 107. The molecule has 0 bridgehead atoms. The number of ether oxygens (including phenoxy) is 4. The number of anilines is 2. The monoisotopic (exact) mass is 2230 g/mol. The second-order valence-corrected chi connectivity index (χ2v) is 42.1. The van der Waals surface area contributed by atoms with Gasteiger partial charge in [-0.1, -0.05) is 111 Å². The van der Waals surface area contributed by atoms with Gasteiger partial charge in [0, 0.05) is 128 Å². The fourth-order valence-corrected chi connectivity index (χ4v) is 21.4. The molecule has 822 valence electrons. The molecule has 49 heteroatoms. The highest BCUT2D eigenvalue weighted by atomic mass is 35.5. The lowest BCUT2D eigenvalue weighted by molar-refractivity contribution is -0.202. The lowest BCUT2D eigenvalue weighted by atomic mass is 9.94. The first-order valence-electron chi connectivity index (χ1n) is 47.6. The average Bonchev–Trinajstić information content (AvgIpc) is 0.820. The average molecular weight is 2240 g/mol. The van der Waals surface area contributed by atoms with E-state index in [2.05, 4.69) is 93.5 Å². The Morgan fingerprint density at radius 2 is 0.852 bits per heavy atom. The number of unbranched alkanes of at least 4 members (excludes halogenated alkanes) is 4. The largest absolute Gasteiger partial charge is 0.480 e. The lowest BCUT2D eigenvalue weighted by Crippen LogP contribution is -2.60. The summed E-state index contributed by atoms with van der Waals surface area (Å²) in [5.74, 6) is -2.26. The van der Waals surface area contributed by atoms with Crippen LogP contribution in [-0.2, 0) is 114 Å². The van der Waals surface area contributed by atoms with Gasteiger partial charge in [0.1, 0.15) is 34.6 Å². The molecule has 0 aliphatic carbocycles. The number of para-hydroxylation sites is 2. The molecule has 5 heterocycles. The Morgan fingerprint density at radius 1 is 0.483 bits per heavy atom. The maximum atomic E-state index is 14.7. The first-order valence-corrected chi connectivity index (χ1v) is 51.4. The standard InChI is InChI=1S/C53H75N7O11S2.C43H59N7O8S2.4CO2.4ClH/c1-52(2,3)70-51(65)55-45(16-10-7-11-17-46(72)54-40-21-19-39(20-22-40)36-41-37-59(38-47(61)62)34-32-57(4)31-33-58(41)5)49(63)60-29-27-53(28-30-60,50(64)56-71-48-18-12-13-35-68-48)73(66,67)44-25-23-43(24-26-44)69-42-14-8-6-9-15-42;1-47-25-27-48(2)34(30-49(28-26-47)31-40(51)52)29-32-13-15-33(16-14-32)45-39(59)12-8-4-7-11-38(44)41(53)50-23-21-43(22-24-50,42(54)46-55)60(56,57)37-19-17-36(18-20-37)58-35-9-5-3-6-10-35;4*2-1-3;;;;/h6,8-9,14-15,19-26,41,45,48H,7,10-13,16-18,27-38H2,1-5H3,(H,54,72)(H,55,65)(H,56,64)(H,61,62);3,5-6,9-10,13-20,34,38,55H,4,7-8,11-12,21-31,44H2,1-2H3,(H,45,59)(H,46,54)(H,51,52);;;;;4*1H/t41?,45-,48?;34?,38-;;;;;;;;/m00......../s1. The number of carbonyl (C=O) groups excluding carboxylic acids is 13. The van der Waals surface area contributed by atoms with E-state index in [-0.39, 0.29) is 173 Å². The molecule has 0 saturated carbocycles. The van der Waals surface area contributed by atoms with Crippen molar-refractivity contribution in [1.29, 1.82) is 0 Å². The van der Waals surface area contributed by atoms with Gasteiger partial charge in [0.15, 0.2) is 35.5 Å². The van der Waals surface area contributed by atoms with Crippen LogP contribution in [0, 0.1) is 0 Å². The molecular weight excluding hydrogens is 2100 g/mol.